The van der Waals surface area contributed by atoms with Crippen LogP contribution in [0.3, 0.4) is 0 Å². The molecule has 0 saturated carbocycles. The Morgan fingerprint density at radius 2 is 1.72 bits per heavy atom. The van der Waals surface area contributed by atoms with Crippen LogP contribution < -0.4 is 10.6 Å². The van der Waals surface area contributed by atoms with Crippen molar-refractivity contribution >= 4 is 46.0 Å². The third-order valence-electron chi connectivity index (χ3n) is 12.5. The van der Waals surface area contributed by atoms with Crippen molar-refractivity contribution in [2.75, 3.05) is 65.1 Å². The summed E-state index contributed by atoms with van der Waals surface area (Å²) in [6.07, 6.45) is 3.28. The van der Waals surface area contributed by atoms with Crippen LogP contribution in [-0.4, -0.2) is 131 Å². The van der Waals surface area contributed by atoms with E-state index in [0.29, 0.717) is 81.5 Å². The van der Waals surface area contributed by atoms with E-state index in [0.717, 1.165) is 43.8 Å². The molecule has 3 aliphatic rings. The van der Waals surface area contributed by atoms with Crippen molar-refractivity contribution in [2.24, 2.45) is 0 Å². The second-order valence-electron chi connectivity index (χ2n) is 16.9. The third kappa shape index (κ3) is 8.77. The number of aryl methyl sites for hydroxylation is 1. The number of fused-ring (bicyclic) bond motifs is 5. The van der Waals surface area contributed by atoms with Gasteiger partial charge in [0.2, 0.25) is 11.8 Å². The number of benzene rings is 3. The Kier molecular flexibility index (Phi) is 13.0. The summed E-state index contributed by atoms with van der Waals surface area (Å²) < 4.78 is 18.6. The molecule has 2 aromatic heterocycles. The van der Waals surface area contributed by atoms with E-state index in [2.05, 4.69) is 53.6 Å². The minimum absolute atomic E-state index is 0.0412. The Bertz CT molecular complexity index is 2730. The minimum atomic E-state index is -1.32. The number of ketones is 1. The maximum absolute atomic E-state index is 14.1. The lowest BCUT2D eigenvalue weighted by atomic mass is 9.70. The summed E-state index contributed by atoms with van der Waals surface area (Å²) in [6.45, 7) is 9.05. The van der Waals surface area contributed by atoms with Gasteiger partial charge >= 0.3 is 0 Å². The fourth-order valence-electron chi connectivity index (χ4n) is 8.92. The summed E-state index contributed by atoms with van der Waals surface area (Å²) in [7, 11) is 1.72. The highest BCUT2D eigenvalue weighted by molar-refractivity contribution is 6.24. The van der Waals surface area contributed by atoms with Crippen molar-refractivity contribution in [3.05, 3.63) is 106 Å². The largest absolute Gasteiger partial charge is 0.382 e. The molecule has 1 saturated heterocycles. The molecule has 0 radical (unpaired) electrons. The SMILES string of the molecule is CCc1cc2c(cc1-c1cnn(CC(=O)N(C)CCOCCOCCOCCNc3cccc4c3C(=O)N(C3CCC(=O)NC3O)C4=O)c1)C(C)(C)c1[nH]c3cc(C#N)ccc3c1C2=O. The summed E-state index contributed by atoms with van der Waals surface area (Å²) >= 11 is 0. The van der Waals surface area contributed by atoms with Crippen LogP contribution in [0, 0.1) is 11.3 Å². The van der Waals surface area contributed by atoms with Crippen molar-refractivity contribution in [3.8, 4) is 17.2 Å². The molecule has 0 bridgehead atoms. The van der Waals surface area contributed by atoms with Gasteiger partial charge < -0.3 is 39.8 Å². The first kappa shape index (κ1) is 44.9. The highest BCUT2D eigenvalue weighted by Crippen LogP contribution is 2.46. The molecule has 0 spiro atoms. The van der Waals surface area contributed by atoms with Gasteiger partial charge in [-0.3, -0.25) is 33.6 Å². The normalized spacial score (nSPS) is 17.4. The first-order valence-electron chi connectivity index (χ1n) is 21.8. The lowest BCUT2D eigenvalue weighted by Gasteiger charge is -2.33. The number of aromatic nitrogens is 3. The number of carbonyl (C=O) groups excluding carboxylic acids is 5. The Balaban J connectivity index is 0.740. The van der Waals surface area contributed by atoms with Crippen LogP contribution in [0.4, 0.5) is 5.69 Å². The molecule has 17 heteroatoms. The number of anilines is 1. The molecular formula is C48H52N8O9. The van der Waals surface area contributed by atoms with Gasteiger partial charge in [-0.1, -0.05) is 32.9 Å². The molecule has 4 amide bonds. The predicted molar refractivity (Wildman–Crippen MR) is 238 cm³/mol. The molecule has 8 rings (SSSR count). The van der Waals surface area contributed by atoms with E-state index in [4.69, 9.17) is 14.2 Å². The van der Waals surface area contributed by atoms with Crippen molar-refractivity contribution in [2.45, 2.75) is 64.3 Å². The molecule has 2 aliphatic heterocycles. The van der Waals surface area contributed by atoms with Crippen LogP contribution in [0.15, 0.2) is 60.9 Å². The number of hydrogen-bond donors (Lipinski definition) is 4. The van der Waals surface area contributed by atoms with E-state index in [1.54, 1.807) is 53.2 Å². The Morgan fingerprint density at radius 1 is 0.969 bits per heavy atom. The number of nitrogens with zero attached hydrogens (tertiary/aromatic N) is 5. The van der Waals surface area contributed by atoms with E-state index in [9.17, 15) is 34.3 Å². The maximum atomic E-state index is 14.1. The van der Waals surface area contributed by atoms with Gasteiger partial charge in [-0.05, 0) is 65.9 Å². The monoisotopic (exact) mass is 884 g/mol. The maximum Gasteiger partial charge on any atom is 0.264 e. The van der Waals surface area contributed by atoms with Gasteiger partial charge in [0.25, 0.3) is 11.8 Å². The number of aliphatic hydroxyl groups excluding tert-OH is 1. The summed E-state index contributed by atoms with van der Waals surface area (Å²) in [6, 6.07) is 15.7. The average molecular weight is 885 g/mol. The number of likely N-dealkylation sites (N-methyl/N-ethyl adjacent to an activating group) is 1. The molecule has 4 heterocycles. The van der Waals surface area contributed by atoms with Crippen LogP contribution in [0.5, 0.6) is 0 Å². The third-order valence-corrected chi connectivity index (χ3v) is 12.5. The number of nitrogens with one attached hydrogen (secondary N) is 3. The Hall–Kier alpha value is -6.71. The molecule has 338 valence electrons. The topological polar surface area (TPSA) is 221 Å². The zero-order valence-electron chi connectivity index (χ0n) is 36.9. The summed E-state index contributed by atoms with van der Waals surface area (Å²) in [5.41, 5.74) is 7.58. The highest BCUT2D eigenvalue weighted by Gasteiger charge is 2.45. The number of nitriles is 1. The van der Waals surface area contributed by atoms with E-state index >= 15 is 0 Å². The van der Waals surface area contributed by atoms with Gasteiger partial charge in [-0.2, -0.15) is 10.4 Å². The number of H-pyrrole nitrogens is 1. The van der Waals surface area contributed by atoms with Gasteiger partial charge in [0.1, 0.15) is 12.8 Å². The van der Waals surface area contributed by atoms with Crippen LogP contribution >= 0.6 is 0 Å². The van der Waals surface area contributed by atoms with E-state index in [-0.39, 0.29) is 48.1 Å². The second-order valence-corrected chi connectivity index (χ2v) is 16.9. The highest BCUT2D eigenvalue weighted by atomic mass is 16.5. The second kappa shape index (κ2) is 18.8. The quantitative estimate of drug-likeness (QED) is 0.0721. The summed E-state index contributed by atoms with van der Waals surface area (Å²) in [4.78, 5) is 71.3. The van der Waals surface area contributed by atoms with Crippen LogP contribution in [0.2, 0.25) is 0 Å². The molecule has 5 aromatic rings. The molecular weight excluding hydrogens is 833 g/mol. The Labute approximate surface area is 375 Å². The van der Waals surface area contributed by atoms with E-state index in [1.165, 1.54) is 0 Å². The fraction of sp³-hybridized carbons (Fsp3) is 0.396. The molecule has 3 aromatic carbocycles. The first-order chi connectivity index (χ1) is 31.3. The lowest BCUT2D eigenvalue weighted by Crippen LogP contribution is -2.57. The lowest BCUT2D eigenvalue weighted by molar-refractivity contribution is -0.131. The van der Waals surface area contributed by atoms with Gasteiger partial charge in [0, 0.05) is 71.6 Å². The molecule has 1 fully saturated rings. The van der Waals surface area contributed by atoms with Crippen molar-refractivity contribution in [3.63, 3.8) is 0 Å². The number of aromatic amines is 1. The van der Waals surface area contributed by atoms with E-state index < -0.39 is 29.5 Å². The van der Waals surface area contributed by atoms with Crippen molar-refractivity contribution in [1.29, 1.82) is 5.26 Å². The number of imide groups is 1. The zero-order valence-corrected chi connectivity index (χ0v) is 36.9. The summed E-state index contributed by atoms with van der Waals surface area (Å²) in [5.74, 6) is -1.52. The Morgan fingerprint density at radius 3 is 2.46 bits per heavy atom. The predicted octanol–water partition coefficient (Wildman–Crippen LogP) is 4.15. The van der Waals surface area contributed by atoms with Crippen LogP contribution in [-0.2, 0) is 42.2 Å². The number of piperidine rings is 1. The average Bonchev–Trinajstić information content (AvgIpc) is 4.00. The van der Waals surface area contributed by atoms with Crippen molar-refractivity contribution < 1.29 is 43.3 Å². The number of hydrogen-bond acceptors (Lipinski definition) is 12. The first-order valence-corrected chi connectivity index (χ1v) is 21.8. The summed E-state index contributed by atoms with van der Waals surface area (Å²) in [5, 5.41) is 30.7. The standard InChI is InChI=1S/C48H52N8O9/c1-5-29-22-34-35(48(2,3)44-42(43(34)59)31-10-9-28(24-49)21-37(31)52-44)23-33(29)30-25-51-55(26-30)27-40(58)54(4)14-16-64-18-20-65-19-17-63-15-13-50-36-8-6-7-32-41(36)47(62)56(46(32)61)38-11-12-39(57)53-45(38)60/h6-10,21-23,25-26,38,45,50,52,60H,5,11-20,27H2,1-4H3,(H,53,57). The minimum Gasteiger partial charge on any atom is -0.382 e. The molecule has 65 heavy (non-hydrogen) atoms. The van der Waals surface area contributed by atoms with Gasteiger partial charge in [0.05, 0.1) is 80.2 Å². The molecule has 2 atom stereocenters. The molecule has 1 aliphatic carbocycles. The van der Waals surface area contributed by atoms with Gasteiger partial charge in [-0.25, -0.2) is 0 Å². The smallest absolute Gasteiger partial charge is 0.264 e. The van der Waals surface area contributed by atoms with Gasteiger partial charge in [-0.15, -0.1) is 0 Å². The van der Waals surface area contributed by atoms with Crippen molar-refractivity contribution in [1.82, 2.24) is 29.9 Å². The molecule has 4 N–H and O–H groups in total. The molecule has 17 nitrogen and oxygen atoms in total. The van der Waals surface area contributed by atoms with Crippen LogP contribution in [0.1, 0.15) is 92.6 Å². The number of aliphatic hydroxyl groups is 1. The van der Waals surface area contributed by atoms with E-state index in [1.807, 2.05) is 18.3 Å². The van der Waals surface area contributed by atoms with Gasteiger partial charge in [0.15, 0.2) is 5.78 Å². The zero-order chi connectivity index (χ0) is 46.0. The van der Waals surface area contributed by atoms with Crippen LogP contribution in [0.25, 0.3) is 22.0 Å². The molecule has 2 unspecified atom stereocenters. The number of rotatable bonds is 18. The number of carbonyl (C=O) groups is 5. The fourth-order valence-corrected chi connectivity index (χ4v) is 8.92. The number of amides is 4. The number of ether oxygens (including phenoxy) is 3.